The van der Waals surface area contributed by atoms with E-state index >= 15 is 0 Å². The minimum Gasteiger partial charge on any atom is -0.308 e. The Balaban J connectivity index is 2.23. The van der Waals surface area contributed by atoms with Gasteiger partial charge in [-0.3, -0.25) is 4.98 Å². The first-order valence-electron chi connectivity index (χ1n) is 5.69. The molecule has 90 valence electrons. The fourth-order valence-electron chi connectivity index (χ4n) is 1.59. The van der Waals surface area contributed by atoms with E-state index in [1.54, 1.807) is 11.3 Å². The van der Waals surface area contributed by atoms with Crippen LogP contribution in [0.2, 0.25) is 0 Å². The maximum Gasteiger partial charge on any atom is 0.149 e. The Morgan fingerprint density at radius 3 is 2.88 bits per heavy atom. The number of nitrogens with one attached hydrogen (secondary N) is 1. The van der Waals surface area contributed by atoms with Crippen LogP contribution in [0, 0.1) is 6.92 Å². The predicted octanol–water partition coefficient (Wildman–Crippen LogP) is 2.58. The normalized spacial score (nSPS) is 12.6. The van der Waals surface area contributed by atoms with Crippen LogP contribution in [0.4, 0.5) is 0 Å². The number of pyridine rings is 1. The van der Waals surface area contributed by atoms with E-state index in [9.17, 15) is 0 Å². The van der Waals surface area contributed by atoms with Crippen molar-refractivity contribution in [1.29, 1.82) is 0 Å². The molecule has 2 aromatic rings. The summed E-state index contributed by atoms with van der Waals surface area (Å²) in [4.78, 5) is 4.17. The third-order valence-electron chi connectivity index (χ3n) is 2.44. The van der Waals surface area contributed by atoms with Gasteiger partial charge < -0.3 is 5.32 Å². The number of nitrogens with zero attached hydrogens (tertiary/aromatic N) is 3. The highest BCUT2D eigenvalue weighted by molar-refractivity contribution is 7.14. The van der Waals surface area contributed by atoms with Gasteiger partial charge in [-0.1, -0.05) is 18.3 Å². The zero-order valence-electron chi connectivity index (χ0n) is 10.3. The molecule has 1 N–H and O–H groups in total. The number of aryl methyl sites for hydroxylation is 1. The van der Waals surface area contributed by atoms with Gasteiger partial charge in [-0.25, -0.2) is 0 Å². The summed E-state index contributed by atoms with van der Waals surface area (Å²) in [5, 5.41) is 13.7. The Hall–Kier alpha value is -1.33. The summed E-state index contributed by atoms with van der Waals surface area (Å²) in [6.45, 7) is 7.15. The lowest BCUT2D eigenvalue weighted by Crippen LogP contribution is -2.17. The molecule has 0 spiro atoms. The summed E-state index contributed by atoms with van der Waals surface area (Å²) in [5.41, 5.74) is 2.18. The summed E-state index contributed by atoms with van der Waals surface area (Å²) < 4.78 is 0. The van der Waals surface area contributed by atoms with Gasteiger partial charge in [0.2, 0.25) is 0 Å². The molecule has 4 nitrogen and oxygen atoms in total. The van der Waals surface area contributed by atoms with E-state index < -0.39 is 0 Å². The van der Waals surface area contributed by atoms with Gasteiger partial charge in [-0.15, -0.1) is 10.2 Å². The van der Waals surface area contributed by atoms with E-state index in [1.807, 2.05) is 19.3 Å². The molecule has 0 radical (unpaired) electrons. The second-order valence-corrected chi connectivity index (χ2v) is 4.98. The molecule has 0 aromatic carbocycles. The van der Waals surface area contributed by atoms with Crippen molar-refractivity contribution in [3.05, 3.63) is 29.0 Å². The van der Waals surface area contributed by atoms with E-state index in [0.717, 1.165) is 27.7 Å². The molecule has 1 unspecified atom stereocenters. The summed E-state index contributed by atoms with van der Waals surface area (Å²) >= 11 is 1.62. The average molecular weight is 248 g/mol. The maximum atomic E-state index is 4.22. The lowest BCUT2D eigenvalue weighted by Gasteiger charge is -2.06. The first kappa shape index (κ1) is 12.1. The van der Waals surface area contributed by atoms with Crippen molar-refractivity contribution >= 4 is 11.3 Å². The smallest absolute Gasteiger partial charge is 0.149 e. The van der Waals surface area contributed by atoms with Crippen LogP contribution in [-0.4, -0.2) is 21.7 Å². The van der Waals surface area contributed by atoms with Gasteiger partial charge in [0.1, 0.15) is 10.0 Å². The van der Waals surface area contributed by atoms with Crippen molar-refractivity contribution in [3.8, 4) is 10.6 Å². The molecule has 0 amide bonds. The van der Waals surface area contributed by atoms with Gasteiger partial charge in [0.15, 0.2) is 0 Å². The molecule has 0 saturated carbocycles. The molecule has 5 heteroatoms. The Morgan fingerprint density at radius 2 is 2.18 bits per heavy atom. The van der Waals surface area contributed by atoms with Crippen LogP contribution in [0.3, 0.4) is 0 Å². The first-order valence-corrected chi connectivity index (χ1v) is 6.51. The standard InChI is InChI=1S/C12H16N4S/c1-4-14-9(3)11-15-16-12(17-11)10-5-8(2)6-13-7-10/h5-7,9,14H,4H2,1-3H3. The summed E-state index contributed by atoms with van der Waals surface area (Å²) in [7, 11) is 0. The maximum absolute atomic E-state index is 4.22. The molecule has 17 heavy (non-hydrogen) atoms. The van der Waals surface area contributed by atoms with Gasteiger partial charge >= 0.3 is 0 Å². The van der Waals surface area contributed by atoms with Crippen LogP contribution in [-0.2, 0) is 0 Å². The Kier molecular flexibility index (Phi) is 3.81. The van der Waals surface area contributed by atoms with Crippen LogP contribution >= 0.6 is 11.3 Å². The van der Waals surface area contributed by atoms with Crippen molar-refractivity contribution in [2.24, 2.45) is 0 Å². The van der Waals surface area contributed by atoms with Gasteiger partial charge in [-0.2, -0.15) is 0 Å². The average Bonchev–Trinajstić information content (AvgIpc) is 2.78. The molecule has 2 heterocycles. The number of aromatic nitrogens is 3. The summed E-state index contributed by atoms with van der Waals surface area (Å²) in [6, 6.07) is 2.33. The number of hydrogen-bond donors (Lipinski definition) is 1. The van der Waals surface area contributed by atoms with Crippen LogP contribution in [0.15, 0.2) is 18.5 Å². The van der Waals surface area contributed by atoms with Gasteiger partial charge in [0.25, 0.3) is 0 Å². The third kappa shape index (κ3) is 2.87. The van der Waals surface area contributed by atoms with E-state index in [4.69, 9.17) is 0 Å². The number of hydrogen-bond acceptors (Lipinski definition) is 5. The fraction of sp³-hybridized carbons (Fsp3) is 0.417. The van der Waals surface area contributed by atoms with Gasteiger partial charge in [0.05, 0.1) is 6.04 Å². The highest BCUT2D eigenvalue weighted by atomic mass is 32.1. The van der Waals surface area contributed by atoms with E-state index in [2.05, 4.69) is 40.4 Å². The quantitative estimate of drug-likeness (QED) is 0.903. The van der Waals surface area contributed by atoms with E-state index in [-0.39, 0.29) is 6.04 Å². The molecule has 0 bridgehead atoms. The SMILES string of the molecule is CCNC(C)c1nnc(-c2cncc(C)c2)s1. The third-order valence-corrected chi connectivity index (χ3v) is 3.60. The molecule has 0 aliphatic rings. The Labute approximate surface area is 105 Å². The molecular weight excluding hydrogens is 232 g/mol. The van der Waals surface area contributed by atoms with Crippen molar-refractivity contribution in [2.75, 3.05) is 6.54 Å². The van der Waals surface area contributed by atoms with Gasteiger partial charge in [0, 0.05) is 18.0 Å². The molecule has 1 atom stereocenters. The topological polar surface area (TPSA) is 50.7 Å². The minimum absolute atomic E-state index is 0.254. The molecule has 0 aliphatic carbocycles. The lowest BCUT2D eigenvalue weighted by molar-refractivity contribution is 0.590. The van der Waals surface area contributed by atoms with E-state index in [1.165, 1.54) is 0 Å². The minimum atomic E-state index is 0.254. The lowest BCUT2D eigenvalue weighted by atomic mass is 10.2. The van der Waals surface area contributed by atoms with Crippen LogP contribution < -0.4 is 5.32 Å². The van der Waals surface area contributed by atoms with Crippen molar-refractivity contribution in [3.63, 3.8) is 0 Å². The predicted molar refractivity (Wildman–Crippen MR) is 70.0 cm³/mol. The number of rotatable bonds is 4. The van der Waals surface area contributed by atoms with Crippen LogP contribution in [0.5, 0.6) is 0 Å². The molecule has 0 fully saturated rings. The molecule has 2 rings (SSSR count). The monoisotopic (exact) mass is 248 g/mol. The van der Waals surface area contributed by atoms with E-state index in [0.29, 0.717) is 0 Å². The van der Waals surface area contributed by atoms with Crippen LogP contribution in [0.25, 0.3) is 10.6 Å². The molecule has 2 aromatic heterocycles. The highest BCUT2D eigenvalue weighted by Crippen LogP contribution is 2.26. The second-order valence-electron chi connectivity index (χ2n) is 3.98. The van der Waals surface area contributed by atoms with Crippen molar-refractivity contribution in [1.82, 2.24) is 20.5 Å². The summed E-state index contributed by atoms with van der Waals surface area (Å²) in [6.07, 6.45) is 3.67. The van der Waals surface area contributed by atoms with Crippen molar-refractivity contribution < 1.29 is 0 Å². The molecule has 0 saturated heterocycles. The largest absolute Gasteiger partial charge is 0.308 e. The zero-order chi connectivity index (χ0) is 12.3. The van der Waals surface area contributed by atoms with Crippen molar-refractivity contribution in [2.45, 2.75) is 26.8 Å². The molecule has 0 aliphatic heterocycles. The Bertz CT molecular complexity index is 495. The van der Waals surface area contributed by atoms with Gasteiger partial charge in [-0.05, 0) is 32.0 Å². The first-order chi connectivity index (χ1) is 8.20. The second kappa shape index (κ2) is 5.33. The Morgan fingerprint density at radius 1 is 1.35 bits per heavy atom. The summed E-state index contributed by atoms with van der Waals surface area (Å²) in [5.74, 6) is 0. The zero-order valence-corrected chi connectivity index (χ0v) is 11.1. The molecular formula is C12H16N4S. The van der Waals surface area contributed by atoms with Crippen LogP contribution in [0.1, 0.15) is 30.5 Å². The highest BCUT2D eigenvalue weighted by Gasteiger charge is 2.12. The fourth-order valence-corrected chi connectivity index (χ4v) is 2.44.